The third-order valence-corrected chi connectivity index (χ3v) is 5.21. The van der Waals surface area contributed by atoms with Crippen LogP contribution in [0.3, 0.4) is 0 Å². The van der Waals surface area contributed by atoms with Crippen LogP contribution >= 0.6 is 11.6 Å². The van der Waals surface area contributed by atoms with Crippen molar-refractivity contribution in [2.24, 2.45) is 5.92 Å². The standard InChI is InChI=1S/C23H19ClF3N5O3/c1-12-6-17(35-20-10-19(28-11-29-20)32-21(33)13-2-3-13)4-5-18(12)31-22(34)30-16-8-14(23(25,26)27)7-15(24)9-16/h4-11,13H,2-3H2,1H3,(H2,30,31,34)(H,28,29,32,33). The molecular formula is C23H19ClF3N5O3. The number of carbonyl (C=O) groups excluding carboxylic acids is 2. The van der Waals surface area contributed by atoms with Crippen LogP contribution in [0, 0.1) is 12.8 Å². The van der Waals surface area contributed by atoms with Crippen LogP contribution in [0.2, 0.25) is 5.02 Å². The van der Waals surface area contributed by atoms with Crippen molar-refractivity contribution in [1.82, 2.24) is 9.97 Å². The zero-order valence-electron chi connectivity index (χ0n) is 18.2. The number of ether oxygens (including phenoxy) is 1. The van der Waals surface area contributed by atoms with Gasteiger partial charge in [0, 0.05) is 28.4 Å². The van der Waals surface area contributed by atoms with E-state index in [1.807, 2.05) is 0 Å². The Balaban J connectivity index is 1.39. The Hall–Kier alpha value is -3.86. The van der Waals surface area contributed by atoms with Gasteiger partial charge < -0.3 is 20.7 Å². The van der Waals surface area contributed by atoms with Crippen LogP contribution in [-0.4, -0.2) is 21.9 Å². The summed E-state index contributed by atoms with van der Waals surface area (Å²) in [7, 11) is 0. The van der Waals surface area contributed by atoms with E-state index < -0.39 is 17.8 Å². The Labute approximate surface area is 202 Å². The SMILES string of the molecule is Cc1cc(Oc2cc(NC(=O)C3CC3)ncn2)ccc1NC(=O)Nc1cc(Cl)cc(C(F)(F)F)c1. The summed E-state index contributed by atoms with van der Waals surface area (Å²) in [5.74, 6) is 0.890. The monoisotopic (exact) mass is 505 g/mol. The van der Waals surface area contributed by atoms with Gasteiger partial charge in [0.25, 0.3) is 0 Å². The molecule has 0 spiro atoms. The van der Waals surface area contributed by atoms with Crippen LogP contribution in [0.5, 0.6) is 11.6 Å². The first-order valence-corrected chi connectivity index (χ1v) is 10.8. The van der Waals surface area contributed by atoms with Crippen molar-refractivity contribution in [3.8, 4) is 11.6 Å². The molecule has 8 nitrogen and oxygen atoms in total. The molecule has 0 unspecified atom stereocenters. The first-order chi connectivity index (χ1) is 16.6. The number of urea groups is 1. The lowest BCUT2D eigenvalue weighted by Gasteiger charge is -2.13. The van der Waals surface area contributed by atoms with Gasteiger partial charge in [0.15, 0.2) is 0 Å². The number of nitrogens with zero attached hydrogens (tertiary/aromatic N) is 2. The van der Waals surface area contributed by atoms with Crippen molar-refractivity contribution < 1.29 is 27.5 Å². The summed E-state index contributed by atoms with van der Waals surface area (Å²) in [5.41, 5.74) is -0.0460. The minimum atomic E-state index is -4.60. The number of carbonyl (C=O) groups is 2. The van der Waals surface area contributed by atoms with E-state index in [4.69, 9.17) is 16.3 Å². The Morgan fingerprint density at radius 3 is 2.49 bits per heavy atom. The molecule has 4 rings (SSSR count). The fraction of sp³-hybridized carbons (Fsp3) is 0.217. The molecule has 3 N–H and O–H groups in total. The second-order valence-corrected chi connectivity index (χ2v) is 8.33. The van der Waals surface area contributed by atoms with Crippen LogP contribution in [-0.2, 0) is 11.0 Å². The zero-order chi connectivity index (χ0) is 25.2. The quantitative estimate of drug-likeness (QED) is 0.367. The molecule has 12 heteroatoms. The number of aromatic nitrogens is 2. The fourth-order valence-electron chi connectivity index (χ4n) is 3.11. The van der Waals surface area contributed by atoms with Crippen LogP contribution in [0.25, 0.3) is 0 Å². The summed E-state index contributed by atoms with van der Waals surface area (Å²) in [6.45, 7) is 1.71. The summed E-state index contributed by atoms with van der Waals surface area (Å²) in [4.78, 5) is 32.3. The van der Waals surface area contributed by atoms with Crippen LogP contribution < -0.4 is 20.7 Å². The highest BCUT2D eigenvalue weighted by Gasteiger charge is 2.31. The largest absolute Gasteiger partial charge is 0.439 e. The van der Waals surface area contributed by atoms with Crippen molar-refractivity contribution in [2.75, 3.05) is 16.0 Å². The van der Waals surface area contributed by atoms with Gasteiger partial charge in [-0.2, -0.15) is 13.2 Å². The van der Waals surface area contributed by atoms with Crippen molar-refractivity contribution in [1.29, 1.82) is 0 Å². The van der Waals surface area contributed by atoms with E-state index in [0.717, 1.165) is 25.0 Å². The van der Waals surface area contributed by atoms with Crippen molar-refractivity contribution in [3.63, 3.8) is 0 Å². The number of aryl methyl sites for hydroxylation is 1. The molecule has 35 heavy (non-hydrogen) atoms. The smallest absolute Gasteiger partial charge is 0.416 e. The van der Waals surface area contributed by atoms with Crippen LogP contribution in [0.15, 0.2) is 48.8 Å². The molecule has 2 aromatic carbocycles. The van der Waals surface area contributed by atoms with Gasteiger partial charge in [-0.15, -0.1) is 0 Å². The van der Waals surface area contributed by atoms with E-state index >= 15 is 0 Å². The van der Waals surface area contributed by atoms with Crippen molar-refractivity contribution in [2.45, 2.75) is 25.9 Å². The van der Waals surface area contributed by atoms with Gasteiger partial charge in [-0.3, -0.25) is 4.79 Å². The van der Waals surface area contributed by atoms with E-state index in [9.17, 15) is 22.8 Å². The highest BCUT2D eigenvalue weighted by Crippen LogP contribution is 2.34. The molecule has 3 amide bonds. The van der Waals surface area contributed by atoms with E-state index in [2.05, 4.69) is 25.9 Å². The molecule has 0 aliphatic heterocycles. The molecule has 0 radical (unpaired) electrons. The highest BCUT2D eigenvalue weighted by molar-refractivity contribution is 6.31. The van der Waals surface area contributed by atoms with Crippen LogP contribution in [0.1, 0.15) is 24.0 Å². The van der Waals surface area contributed by atoms with Gasteiger partial charge in [-0.05, 0) is 61.7 Å². The Morgan fingerprint density at radius 2 is 1.80 bits per heavy atom. The average Bonchev–Trinajstić information content (AvgIpc) is 3.60. The summed E-state index contributed by atoms with van der Waals surface area (Å²) >= 11 is 5.74. The van der Waals surface area contributed by atoms with Gasteiger partial charge in [-0.25, -0.2) is 14.8 Å². The lowest BCUT2D eigenvalue weighted by atomic mass is 10.2. The Morgan fingerprint density at radius 1 is 1.03 bits per heavy atom. The average molecular weight is 506 g/mol. The normalized spacial score (nSPS) is 13.2. The third kappa shape index (κ3) is 6.60. The number of rotatable bonds is 6. The zero-order valence-corrected chi connectivity index (χ0v) is 19.0. The number of anilines is 3. The number of hydrogen-bond donors (Lipinski definition) is 3. The topological polar surface area (TPSA) is 105 Å². The maximum Gasteiger partial charge on any atom is 0.416 e. The van der Waals surface area contributed by atoms with Gasteiger partial charge in [0.05, 0.1) is 5.56 Å². The second kappa shape index (κ2) is 9.79. The molecule has 182 valence electrons. The summed E-state index contributed by atoms with van der Waals surface area (Å²) in [5, 5.41) is 7.47. The molecule has 1 aliphatic carbocycles. The molecule has 1 saturated carbocycles. The molecule has 3 aromatic rings. The summed E-state index contributed by atoms with van der Waals surface area (Å²) < 4.78 is 44.6. The van der Waals surface area contributed by atoms with E-state index in [0.29, 0.717) is 22.8 Å². The first-order valence-electron chi connectivity index (χ1n) is 10.4. The first kappa shape index (κ1) is 24.3. The molecular weight excluding hydrogens is 487 g/mol. The van der Waals surface area contributed by atoms with Crippen LogP contribution in [0.4, 0.5) is 35.2 Å². The number of hydrogen-bond acceptors (Lipinski definition) is 5. The number of amides is 3. The van der Waals surface area contributed by atoms with E-state index in [-0.39, 0.29) is 28.4 Å². The Kier molecular flexibility index (Phi) is 6.79. The number of benzene rings is 2. The molecule has 0 saturated heterocycles. The maximum atomic E-state index is 13.0. The van der Waals surface area contributed by atoms with Gasteiger partial charge in [-0.1, -0.05) is 11.6 Å². The predicted octanol–water partition coefficient (Wildman–Crippen LogP) is 6.24. The number of nitrogens with one attached hydrogen (secondary N) is 3. The van der Waals surface area contributed by atoms with Gasteiger partial charge >= 0.3 is 12.2 Å². The fourth-order valence-corrected chi connectivity index (χ4v) is 3.34. The van der Waals surface area contributed by atoms with Gasteiger partial charge in [0.2, 0.25) is 11.8 Å². The highest BCUT2D eigenvalue weighted by atomic mass is 35.5. The second-order valence-electron chi connectivity index (χ2n) is 7.89. The lowest BCUT2D eigenvalue weighted by Crippen LogP contribution is -2.20. The molecule has 1 heterocycles. The molecule has 0 bridgehead atoms. The Bertz CT molecular complexity index is 1280. The lowest BCUT2D eigenvalue weighted by molar-refractivity contribution is -0.137. The molecule has 1 aromatic heterocycles. The van der Waals surface area contributed by atoms with Crippen molar-refractivity contribution >= 4 is 40.7 Å². The van der Waals surface area contributed by atoms with Crippen molar-refractivity contribution in [3.05, 3.63) is 64.9 Å². The van der Waals surface area contributed by atoms with E-state index in [1.165, 1.54) is 18.5 Å². The van der Waals surface area contributed by atoms with E-state index in [1.54, 1.807) is 25.1 Å². The minimum Gasteiger partial charge on any atom is -0.439 e. The summed E-state index contributed by atoms with van der Waals surface area (Å²) in [6, 6.07) is 8.31. The maximum absolute atomic E-state index is 13.0. The minimum absolute atomic E-state index is 0.0276. The number of alkyl halides is 3. The molecule has 1 fully saturated rings. The van der Waals surface area contributed by atoms with Gasteiger partial charge in [0.1, 0.15) is 17.9 Å². The summed E-state index contributed by atoms with van der Waals surface area (Å²) in [6.07, 6.45) is -1.60. The predicted molar refractivity (Wildman–Crippen MR) is 124 cm³/mol. The molecule has 0 atom stereocenters. The number of halogens is 4. The third-order valence-electron chi connectivity index (χ3n) is 4.99. The molecule has 1 aliphatic rings.